The summed E-state index contributed by atoms with van der Waals surface area (Å²) in [6, 6.07) is -14.8. The maximum Gasteiger partial charge on any atom is 0.439 e. The van der Waals surface area contributed by atoms with Gasteiger partial charge in [-0.1, -0.05) is 0 Å². The van der Waals surface area contributed by atoms with E-state index in [1.807, 2.05) is 4.74 Å². The Kier molecular flexibility index (Phi) is 3.76. The second kappa shape index (κ2) is 4.62. The van der Waals surface area contributed by atoms with Crippen LogP contribution in [0.4, 0.5) is 65.9 Å². The fourth-order valence-corrected chi connectivity index (χ4v) is 2.05. The van der Waals surface area contributed by atoms with Crippen LogP contribution in [0.15, 0.2) is 0 Å². The Labute approximate surface area is 130 Å². The van der Waals surface area contributed by atoms with Crippen molar-refractivity contribution in [2.45, 2.75) is 48.2 Å². The Hall–Kier alpha value is -1.17. The van der Waals surface area contributed by atoms with Crippen LogP contribution in [0.3, 0.4) is 0 Å². The maximum atomic E-state index is 14.1. The quantitative estimate of drug-likeness (QED) is 0.463. The number of morpholine rings is 1. The number of hydrogen-bond acceptors (Lipinski definition) is 3. The molecule has 0 radical (unpaired) electrons. The molecule has 18 heteroatoms. The first-order valence-corrected chi connectivity index (χ1v) is 5.57. The van der Waals surface area contributed by atoms with Gasteiger partial charge in [0.1, 0.15) is 0 Å². The highest BCUT2D eigenvalue weighted by atomic mass is 19.4. The van der Waals surface area contributed by atoms with Crippen molar-refractivity contribution in [1.29, 1.82) is 0 Å². The van der Waals surface area contributed by atoms with E-state index in [1.165, 1.54) is 0 Å². The van der Waals surface area contributed by atoms with E-state index in [4.69, 9.17) is 0 Å². The molecule has 0 aromatic carbocycles. The molecule has 2 aliphatic heterocycles. The second-order valence-electron chi connectivity index (χ2n) is 4.89. The van der Waals surface area contributed by atoms with Crippen molar-refractivity contribution in [2.75, 3.05) is 0 Å². The van der Waals surface area contributed by atoms with E-state index >= 15 is 0 Å². The lowest BCUT2D eigenvalue weighted by molar-refractivity contribution is -0.591. The van der Waals surface area contributed by atoms with Gasteiger partial charge in [-0.2, -0.15) is 61.5 Å². The molecule has 0 amide bonds. The maximum absolute atomic E-state index is 14.1. The van der Waals surface area contributed by atoms with Crippen LogP contribution in [0, 0.1) is 0 Å². The van der Waals surface area contributed by atoms with Gasteiger partial charge in [-0.25, -0.2) is 13.9 Å². The van der Waals surface area contributed by atoms with Crippen molar-refractivity contribution in [3.8, 4) is 0 Å². The zero-order chi connectivity index (χ0) is 21.0. The van der Waals surface area contributed by atoms with Crippen LogP contribution in [0.2, 0.25) is 0 Å². The highest BCUT2D eigenvalue weighted by Gasteiger charge is 2.99. The summed E-state index contributed by atoms with van der Waals surface area (Å²) in [6.07, 6.45) is -28.0. The number of nitrogens with zero attached hydrogens (tertiary/aromatic N) is 1. The Morgan fingerprint density at radius 3 is 1.00 bits per heavy atom. The first-order chi connectivity index (χ1) is 11.0. The van der Waals surface area contributed by atoms with Crippen LogP contribution in [0.25, 0.3) is 0 Å². The van der Waals surface area contributed by atoms with Crippen molar-refractivity contribution >= 4 is 0 Å². The molecule has 2 heterocycles. The second-order valence-corrected chi connectivity index (χ2v) is 4.89. The number of ether oxygens (including phenoxy) is 2. The SMILES string of the molecule is FC1(F)OC(F)(F)C(F)(F)N(C2(F)C(F)(F)OC(F)(F)C2(F)F)C1(F)F. The molecule has 2 saturated heterocycles. The van der Waals surface area contributed by atoms with Gasteiger partial charge in [0.25, 0.3) is 0 Å². The summed E-state index contributed by atoms with van der Waals surface area (Å²) in [6.45, 7) is 0. The lowest BCUT2D eigenvalue weighted by Gasteiger charge is -2.51. The van der Waals surface area contributed by atoms with E-state index < -0.39 is 53.1 Å². The first kappa shape index (κ1) is 21.1. The molecule has 0 aliphatic carbocycles. The first-order valence-electron chi connectivity index (χ1n) is 5.57. The Bertz CT molecular complexity index is 591. The topological polar surface area (TPSA) is 21.7 Å². The lowest BCUT2D eigenvalue weighted by atomic mass is 10.0. The molecule has 154 valence electrons. The van der Waals surface area contributed by atoms with E-state index in [9.17, 15) is 65.9 Å². The zero-order valence-electron chi connectivity index (χ0n) is 10.9. The third kappa shape index (κ3) is 2.00. The molecule has 0 aromatic rings. The number of alkyl halides is 15. The normalized spacial score (nSPS) is 38.9. The van der Waals surface area contributed by atoms with Gasteiger partial charge in [0.05, 0.1) is 0 Å². The smallest absolute Gasteiger partial charge is 0.246 e. The molecule has 0 bridgehead atoms. The molecule has 2 fully saturated rings. The van der Waals surface area contributed by atoms with Gasteiger partial charge in [-0.15, -0.1) is 4.90 Å². The van der Waals surface area contributed by atoms with Gasteiger partial charge in [0.15, 0.2) is 0 Å². The molecule has 1 unspecified atom stereocenters. The molecule has 0 spiro atoms. The molecular weight excluding hydrogens is 427 g/mol. The predicted molar refractivity (Wildman–Crippen MR) is 42.5 cm³/mol. The molecule has 1 atom stereocenters. The number of hydrogen-bond donors (Lipinski definition) is 0. The van der Waals surface area contributed by atoms with Crippen LogP contribution in [0.5, 0.6) is 0 Å². The van der Waals surface area contributed by atoms with Gasteiger partial charge in [-0.05, 0) is 0 Å². The van der Waals surface area contributed by atoms with Crippen molar-refractivity contribution < 1.29 is 75.3 Å². The van der Waals surface area contributed by atoms with Crippen molar-refractivity contribution in [3.05, 3.63) is 0 Å². The minimum absolute atomic E-state index is 1.72. The standard InChI is InChI=1S/C8F15NO2/c9-1(10)2(11,6(18,19)25-5(1,16)17)24-3(12,13)7(20,21)26-8(22,23)4(24,14)15. The van der Waals surface area contributed by atoms with Gasteiger partial charge in [0, 0.05) is 0 Å². The van der Waals surface area contributed by atoms with Gasteiger partial charge < -0.3 is 0 Å². The van der Waals surface area contributed by atoms with Crippen LogP contribution < -0.4 is 0 Å². The van der Waals surface area contributed by atoms with Crippen LogP contribution in [-0.4, -0.2) is 53.1 Å². The summed E-state index contributed by atoms with van der Waals surface area (Å²) >= 11 is 0. The zero-order valence-corrected chi connectivity index (χ0v) is 10.9. The summed E-state index contributed by atoms with van der Waals surface area (Å²) in [4.78, 5) is -4.06. The van der Waals surface area contributed by atoms with Crippen molar-refractivity contribution in [1.82, 2.24) is 4.90 Å². The molecule has 3 nitrogen and oxygen atoms in total. The summed E-state index contributed by atoms with van der Waals surface area (Å²) in [7, 11) is 0. The fourth-order valence-electron chi connectivity index (χ4n) is 2.05. The predicted octanol–water partition coefficient (Wildman–Crippen LogP) is 4.21. The van der Waals surface area contributed by atoms with Crippen LogP contribution in [0.1, 0.15) is 0 Å². The minimum atomic E-state index is -7.58. The molecule has 26 heavy (non-hydrogen) atoms. The highest BCUT2D eigenvalue weighted by Crippen LogP contribution is 2.68. The largest absolute Gasteiger partial charge is 0.439 e. The van der Waals surface area contributed by atoms with Gasteiger partial charge in [-0.3, -0.25) is 0 Å². The Balaban J connectivity index is 2.88. The minimum Gasteiger partial charge on any atom is -0.246 e. The van der Waals surface area contributed by atoms with E-state index in [0.29, 0.717) is 0 Å². The molecule has 0 saturated carbocycles. The Morgan fingerprint density at radius 1 is 0.423 bits per heavy atom. The highest BCUT2D eigenvalue weighted by molar-refractivity contribution is 5.15. The van der Waals surface area contributed by atoms with E-state index in [1.54, 1.807) is 4.74 Å². The van der Waals surface area contributed by atoms with E-state index in [2.05, 4.69) is 0 Å². The average molecular weight is 427 g/mol. The molecule has 0 N–H and O–H groups in total. The lowest BCUT2D eigenvalue weighted by Crippen LogP contribution is -2.83. The van der Waals surface area contributed by atoms with Crippen LogP contribution in [-0.2, 0) is 9.47 Å². The average Bonchev–Trinajstić information content (AvgIpc) is 2.41. The molecule has 2 rings (SSSR count). The van der Waals surface area contributed by atoms with Crippen LogP contribution >= 0.6 is 0 Å². The third-order valence-corrected chi connectivity index (χ3v) is 3.25. The third-order valence-electron chi connectivity index (χ3n) is 3.25. The summed E-state index contributed by atoms with van der Waals surface area (Å²) in [5.74, 6) is -15.0. The summed E-state index contributed by atoms with van der Waals surface area (Å²) < 4.78 is 201. The van der Waals surface area contributed by atoms with E-state index in [-0.39, 0.29) is 0 Å². The summed E-state index contributed by atoms with van der Waals surface area (Å²) in [5, 5.41) is 0. The number of halogens is 15. The van der Waals surface area contributed by atoms with E-state index in [0.717, 1.165) is 0 Å². The molecular formula is C8F15NO2. The monoisotopic (exact) mass is 427 g/mol. The van der Waals surface area contributed by atoms with Gasteiger partial charge in [0.2, 0.25) is 0 Å². The molecule has 2 aliphatic rings. The van der Waals surface area contributed by atoms with Gasteiger partial charge >= 0.3 is 48.2 Å². The van der Waals surface area contributed by atoms with Crippen molar-refractivity contribution in [2.24, 2.45) is 0 Å². The Morgan fingerprint density at radius 2 is 0.731 bits per heavy atom. The van der Waals surface area contributed by atoms with Crippen molar-refractivity contribution in [3.63, 3.8) is 0 Å². The summed E-state index contributed by atoms with van der Waals surface area (Å²) in [5.41, 5.74) is 0. The fraction of sp³-hybridized carbons (Fsp3) is 1.00. The molecule has 0 aromatic heterocycles. The number of rotatable bonds is 1.